The van der Waals surface area contributed by atoms with Crippen LogP contribution in [0.1, 0.15) is 84.6 Å². The quantitative estimate of drug-likeness (QED) is 0.578. The van der Waals surface area contributed by atoms with Crippen LogP contribution < -0.4 is 16.8 Å². The van der Waals surface area contributed by atoms with Crippen molar-refractivity contribution in [1.82, 2.24) is 9.47 Å². The molecule has 0 spiro atoms. The van der Waals surface area contributed by atoms with Gasteiger partial charge in [-0.2, -0.15) is 0 Å². The van der Waals surface area contributed by atoms with Crippen LogP contribution >= 0.6 is 0 Å². The van der Waals surface area contributed by atoms with Gasteiger partial charge in [0.15, 0.2) is 5.78 Å². The molecule has 2 aromatic rings. The van der Waals surface area contributed by atoms with Gasteiger partial charge in [0.2, 0.25) is 5.91 Å². The molecule has 1 fully saturated rings. The van der Waals surface area contributed by atoms with Crippen LogP contribution in [0.5, 0.6) is 0 Å². The summed E-state index contributed by atoms with van der Waals surface area (Å²) >= 11 is 0. The zero-order valence-corrected chi connectivity index (χ0v) is 22.6. The molecule has 37 heavy (non-hydrogen) atoms. The zero-order chi connectivity index (χ0) is 26.9. The number of fused-ring (bicyclic) bond motifs is 6. The molecule has 0 unspecified atom stereocenters. The van der Waals surface area contributed by atoms with Crippen molar-refractivity contribution in [2.24, 2.45) is 22.8 Å². The van der Waals surface area contributed by atoms with Gasteiger partial charge in [0.1, 0.15) is 0 Å². The van der Waals surface area contributed by atoms with E-state index in [-0.39, 0.29) is 29.1 Å². The lowest BCUT2D eigenvalue weighted by Crippen LogP contribution is -2.49. The third-order valence-corrected chi connectivity index (χ3v) is 8.59. The summed E-state index contributed by atoms with van der Waals surface area (Å²) in [6, 6.07) is 5.62. The lowest BCUT2D eigenvalue weighted by Gasteiger charge is -2.33. The lowest BCUT2D eigenvalue weighted by atomic mass is 9.75. The number of amides is 2. The molecule has 198 valence electrons. The van der Waals surface area contributed by atoms with Gasteiger partial charge in [-0.15, -0.1) is 0 Å². The largest absolute Gasteiger partial charge is 0.382 e. The molecule has 8 nitrogen and oxygen atoms in total. The van der Waals surface area contributed by atoms with Gasteiger partial charge in [-0.3, -0.25) is 14.4 Å². The summed E-state index contributed by atoms with van der Waals surface area (Å²) in [5, 5.41) is 3.51. The van der Waals surface area contributed by atoms with Gasteiger partial charge in [-0.1, -0.05) is 20.8 Å². The molecule has 8 heteroatoms. The number of carbonyl (C=O) groups is 3. The van der Waals surface area contributed by atoms with Crippen LogP contribution in [-0.4, -0.2) is 51.7 Å². The van der Waals surface area contributed by atoms with Crippen molar-refractivity contribution >= 4 is 23.3 Å². The summed E-state index contributed by atoms with van der Waals surface area (Å²) in [6.45, 7) is 11.5. The Labute approximate surface area is 218 Å². The maximum absolute atomic E-state index is 13.4. The highest BCUT2D eigenvalue weighted by Gasteiger charge is 2.48. The van der Waals surface area contributed by atoms with Crippen molar-refractivity contribution in [3.05, 3.63) is 46.3 Å². The van der Waals surface area contributed by atoms with E-state index in [9.17, 15) is 14.4 Å². The molecule has 2 bridgehead atoms. The molecular weight excluding hydrogens is 466 g/mol. The SMILES string of the molecule is Cc1c2c(n3c1CCN(C(=O)C1(N)CC1)C[C@@H](C)[C@H](C)Nc1cc-3ccc1C(N)=O)CC(C)(C)CC2=O. The molecule has 2 amide bonds. The van der Waals surface area contributed by atoms with E-state index in [1.165, 1.54) is 0 Å². The van der Waals surface area contributed by atoms with E-state index in [0.29, 0.717) is 50.0 Å². The Balaban J connectivity index is 1.70. The molecule has 5 rings (SSSR count). The number of Topliss-reactive ketones (excluding diaryl/α,β-unsaturated/α-hetero) is 1. The molecule has 3 aliphatic rings. The summed E-state index contributed by atoms with van der Waals surface area (Å²) in [5.41, 5.74) is 16.9. The Kier molecular flexibility index (Phi) is 6.01. The standard InChI is InChI=1S/C29H39N5O3/c1-16-15-33(27(37)29(31)9-10-29)11-8-22-17(2)25-23(13-28(4,5)14-24(25)35)34(22)19-6-7-20(26(30)36)21(12-19)32-18(16)3/h6-7,12,16,18,32H,8-11,13-15,31H2,1-5H3,(H2,30,36)/t16-,18+/m1/s1. The van der Waals surface area contributed by atoms with Crippen LogP contribution in [-0.2, 0) is 17.6 Å². The molecule has 2 heterocycles. The minimum atomic E-state index is -0.757. The maximum Gasteiger partial charge on any atom is 0.250 e. The summed E-state index contributed by atoms with van der Waals surface area (Å²) in [7, 11) is 0. The molecule has 1 aromatic carbocycles. The van der Waals surface area contributed by atoms with E-state index in [0.717, 1.165) is 34.6 Å². The summed E-state index contributed by atoms with van der Waals surface area (Å²) in [6.07, 6.45) is 3.30. The second-order valence-electron chi connectivity index (χ2n) is 12.3. The fourth-order valence-electron chi connectivity index (χ4n) is 6.07. The topological polar surface area (TPSA) is 123 Å². The van der Waals surface area contributed by atoms with Gasteiger partial charge in [0.25, 0.3) is 5.91 Å². The summed E-state index contributed by atoms with van der Waals surface area (Å²) < 4.78 is 2.19. The number of benzene rings is 1. The minimum absolute atomic E-state index is 0.00214. The number of ketones is 1. The predicted octanol–water partition coefficient (Wildman–Crippen LogP) is 3.35. The maximum atomic E-state index is 13.4. The monoisotopic (exact) mass is 505 g/mol. The molecule has 2 atom stereocenters. The third-order valence-electron chi connectivity index (χ3n) is 8.59. The highest BCUT2D eigenvalue weighted by molar-refractivity contribution is 6.01. The number of carbonyl (C=O) groups excluding carboxylic acids is 3. The van der Waals surface area contributed by atoms with E-state index in [1.807, 2.05) is 24.0 Å². The molecule has 0 saturated heterocycles. The first kappa shape index (κ1) is 25.5. The number of nitrogens with one attached hydrogen (secondary N) is 1. The molecule has 5 N–H and O–H groups in total. The number of anilines is 1. The molecule has 2 aliphatic carbocycles. The van der Waals surface area contributed by atoms with E-state index in [2.05, 4.69) is 37.6 Å². The zero-order valence-electron chi connectivity index (χ0n) is 22.6. The van der Waals surface area contributed by atoms with Gasteiger partial charge >= 0.3 is 0 Å². The molecule has 1 aromatic heterocycles. The Morgan fingerprint density at radius 1 is 1.11 bits per heavy atom. The first-order valence-corrected chi connectivity index (χ1v) is 13.4. The van der Waals surface area contributed by atoms with Crippen LogP contribution in [0.3, 0.4) is 0 Å². The lowest BCUT2D eigenvalue weighted by molar-refractivity contribution is -0.134. The van der Waals surface area contributed by atoms with Crippen LogP contribution in [0.25, 0.3) is 5.69 Å². The number of nitrogens with zero attached hydrogens (tertiary/aromatic N) is 2. The predicted molar refractivity (Wildman–Crippen MR) is 144 cm³/mol. The van der Waals surface area contributed by atoms with E-state index in [1.54, 1.807) is 6.07 Å². The second-order valence-corrected chi connectivity index (χ2v) is 12.3. The van der Waals surface area contributed by atoms with Gasteiger partial charge in [0, 0.05) is 60.3 Å². The average molecular weight is 506 g/mol. The Bertz CT molecular complexity index is 1300. The third kappa shape index (κ3) is 4.45. The van der Waals surface area contributed by atoms with Crippen molar-refractivity contribution in [2.75, 3.05) is 18.4 Å². The Hall–Kier alpha value is -3.13. The molecular formula is C29H39N5O3. The van der Waals surface area contributed by atoms with Gasteiger partial charge in [-0.25, -0.2) is 0 Å². The van der Waals surface area contributed by atoms with Crippen molar-refractivity contribution < 1.29 is 14.4 Å². The number of rotatable bonds is 2. The fraction of sp³-hybridized carbons (Fsp3) is 0.552. The minimum Gasteiger partial charge on any atom is -0.382 e. The smallest absolute Gasteiger partial charge is 0.250 e. The number of aromatic nitrogens is 1. The molecule has 0 radical (unpaired) electrons. The number of hydrogen-bond donors (Lipinski definition) is 3. The fourth-order valence-corrected chi connectivity index (χ4v) is 6.07. The van der Waals surface area contributed by atoms with Crippen LogP contribution in [0.2, 0.25) is 0 Å². The van der Waals surface area contributed by atoms with Crippen molar-refractivity contribution in [3.8, 4) is 5.69 Å². The Morgan fingerprint density at radius 3 is 2.46 bits per heavy atom. The van der Waals surface area contributed by atoms with E-state index < -0.39 is 11.4 Å². The van der Waals surface area contributed by atoms with Crippen molar-refractivity contribution in [2.45, 2.75) is 78.3 Å². The van der Waals surface area contributed by atoms with Crippen LogP contribution in [0.4, 0.5) is 5.69 Å². The van der Waals surface area contributed by atoms with Gasteiger partial charge in [0.05, 0.1) is 11.1 Å². The number of hydrogen-bond acceptors (Lipinski definition) is 5. The highest BCUT2D eigenvalue weighted by Crippen LogP contribution is 2.41. The number of primary amides is 1. The first-order valence-electron chi connectivity index (χ1n) is 13.4. The molecule has 1 saturated carbocycles. The number of nitrogens with two attached hydrogens (primary N) is 2. The van der Waals surface area contributed by atoms with E-state index in [4.69, 9.17) is 11.5 Å². The first-order chi connectivity index (χ1) is 17.3. The average Bonchev–Trinajstić information content (AvgIpc) is 3.49. The molecule has 1 aliphatic heterocycles. The van der Waals surface area contributed by atoms with E-state index >= 15 is 0 Å². The highest BCUT2D eigenvalue weighted by atomic mass is 16.2. The van der Waals surface area contributed by atoms with Crippen LogP contribution in [0, 0.1) is 18.3 Å². The summed E-state index contributed by atoms with van der Waals surface area (Å²) in [4.78, 5) is 41.0. The van der Waals surface area contributed by atoms with Crippen molar-refractivity contribution in [1.29, 1.82) is 0 Å². The van der Waals surface area contributed by atoms with Crippen molar-refractivity contribution in [3.63, 3.8) is 0 Å². The van der Waals surface area contributed by atoms with Gasteiger partial charge < -0.3 is 26.3 Å². The normalized spacial score (nSPS) is 24.2. The second kappa shape index (κ2) is 8.72. The van der Waals surface area contributed by atoms with Gasteiger partial charge in [-0.05, 0) is 68.2 Å². The summed E-state index contributed by atoms with van der Waals surface area (Å²) in [5.74, 6) is -0.246. The Morgan fingerprint density at radius 2 is 1.81 bits per heavy atom. The van der Waals surface area contributed by atoms with Crippen LogP contribution in [0.15, 0.2) is 18.2 Å².